The van der Waals surface area contributed by atoms with Gasteiger partial charge in [-0.15, -0.1) is 0 Å². The molecule has 1 aromatic carbocycles. The number of fused-ring (bicyclic) bond motifs is 1. The molecule has 0 radical (unpaired) electrons. The molecule has 4 heteroatoms. The van der Waals surface area contributed by atoms with E-state index in [0.29, 0.717) is 12.2 Å². The molecular formula is C11H11FN2O. The molecule has 0 aliphatic carbocycles. The van der Waals surface area contributed by atoms with Crippen molar-refractivity contribution in [2.75, 3.05) is 13.1 Å². The highest BCUT2D eigenvalue weighted by molar-refractivity contribution is 5.89. The Kier molecular flexibility index (Phi) is 1.87. The van der Waals surface area contributed by atoms with Crippen molar-refractivity contribution in [2.45, 2.75) is 12.5 Å². The van der Waals surface area contributed by atoms with Crippen LogP contribution < -0.4 is 10.1 Å². The number of amidine groups is 1. The molecule has 1 unspecified atom stereocenters. The lowest BCUT2D eigenvalue weighted by Crippen LogP contribution is -2.34. The summed E-state index contributed by atoms with van der Waals surface area (Å²) in [4.78, 5) is 4.29. The van der Waals surface area contributed by atoms with Crippen LogP contribution in [0.4, 0.5) is 4.39 Å². The van der Waals surface area contributed by atoms with Crippen LogP contribution in [0, 0.1) is 5.82 Å². The van der Waals surface area contributed by atoms with Crippen molar-refractivity contribution in [1.82, 2.24) is 5.32 Å². The van der Waals surface area contributed by atoms with Crippen LogP contribution in [0.2, 0.25) is 0 Å². The maximum absolute atomic E-state index is 13.4. The number of halogens is 1. The van der Waals surface area contributed by atoms with E-state index in [1.165, 1.54) is 6.07 Å². The first-order valence-corrected chi connectivity index (χ1v) is 5.07. The molecule has 0 amide bonds. The fourth-order valence-corrected chi connectivity index (χ4v) is 2.01. The summed E-state index contributed by atoms with van der Waals surface area (Å²) < 4.78 is 18.9. The lowest BCUT2D eigenvalue weighted by Gasteiger charge is -2.10. The van der Waals surface area contributed by atoms with Crippen LogP contribution in [0.3, 0.4) is 0 Å². The van der Waals surface area contributed by atoms with Crippen LogP contribution in [0.15, 0.2) is 23.2 Å². The Morgan fingerprint density at radius 3 is 3.13 bits per heavy atom. The van der Waals surface area contributed by atoms with Gasteiger partial charge >= 0.3 is 0 Å². The highest BCUT2D eigenvalue weighted by Gasteiger charge is 2.30. The van der Waals surface area contributed by atoms with E-state index in [0.717, 1.165) is 24.5 Å². The summed E-state index contributed by atoms with van der Waals surface area (Å²) in [5.74, 6) is 0.957. The number of ether oxygens (including phenoxy) is 1. The Hall–Kier alpha value is -1.58. The van der Waals surface area contributed by atoms with E-state index in [1.807, 2.05) is 6.07 Å². The Balaban J connectivity index is 1.89. The standard InChI is InChI=1S/C11H11FN2O/c12-8-3-1-2-7-6-9(15-10(7)8)11-13-4-5-14-11/h1-3,9H,4-6H2,(H,13,14). The fraction of sp³-hybridized carbons (Fsp3) is 0.364. The van der Waals surface area contributed by atoms with E-state index in [1.54, 1.807) is 6.07 Å². The minimum Gasteiger partial charge on any atom is -0.479 e. The van der Waals surface area contributed by atoms with Gasteiger partial charge in [-0.3, -0.25) is 4.99 Å². The average Bonchev–Trinajstić information content (AvgIpc) is 2.86. The zero-order valence-electron chi connectivity index (χ0n) is 8.16. The molecule has 1 N–H and O–H groups in total. The number of nitrogens with one attached hydrogen (secondary N) is 1. The van der Waals surface area contributed by atoms with E-state index in [4.69, 9.17) is 4.74 Å². The van der Waals surface area contributed by atoms with Gasteiger partial charge in [0, 0.05) is 18.5 Å². The van der Waals surface area contributed by atoms with Crippen LogP contribution in [-0.4, -0.2) is 25.0 Å². The van der Waals surface area contributed by atoms with E-state index < -0.39 is 0 Å². The van der Waals surface area contributed by atoms with Gasteiger partial charge in [0.15, 0.2) is 17.7 Å². The molecule has 0 fully saturated rings. The quantitative estimate of drug-likeness (QED) is 0.747. The van der Waals surface area contributed by atoms with Crippen LogP contribution >= 0.6 is 0 Å². The van der Waals surface area contributed by atoms with Crippen molar-refractivity contribution in [2.24, 2.45) is 4.99 Å². The molecule has 3 rings (SSSR count). The molecular weight excluding hydrogens is 195 g/mol. The second-order valence-corrected chi connectivity index (χ2v) is 3.73. The molecule has 0 aromatic heterocycles. The fourth-order valence-electron chi connectivity index (χ4n) is 2.01. The smallest absolute Gasteiger partial charge is 0.165 e. The number of nitrogens with zero attached hydrogens (tertiary/aromatic N) is 1. The van der Waals surface area contributed by atoms with Crippen molar-refractivity contribution in [1.29, 1.82) is 0 Å². The summed E-state index contributed by atoms with van der Waals surface area (Å²) in [5, 5.41) is 3.16. The topological polar surface area (TPSA) is 33.6 Å². The molecule has 0 saturated carbocycles. The van der Waals surface area contributed by atoms with Gasteiger partial charge in [-0.25, -0.2) is 4.39 Å². The predicted octanol–water partition coefficient (Wildman–Crippen LogP) is 1.13. The van der Waals surface area contributed by atoms with Crippen LogP contribution in [0.5, 0.6) is 5.75 Å². The van der Waals surface area contributed by atoms with E-state index in [2.05, 4.69) is 10.3 Å². The van der Waals surface area contributed by atoms with Crippen LogP contribution in [0.1, 0.15) is 5.56 Å². The summed E-state index contributed by atoms with van der Waals surface area (Å²) in [6.07, 6.45) is 0.582. The zero-order chi connectivity index (χ0) is 10.3. The van der Waals surface area contributed by atoms with Crippen molar-refractivity contribution in [3.8, 4) is 5.75 Å². The largest absolute Gasteiger partial charge is 0.479 e. The van der Waals surface area contributed by atoms with Crippen molar-refractivity contribution >= 4 is 5.84 Å². The first-order valence-electron chi connectivity index (χ1n) is 5.07. The molecule has 1 aromatic rings. The summed E-state index contributed by atoms with van der Waals surface area (Å²) >= 11 is 0. The van der Waals surface area contributed by atoms with Gasteiger partial charge in [0.2, 0.25) is 0 Å². The van der Waals surface area contributed by atoms with E-state index in [-0.39, 0.29) is 11.9 Å². The van der Waals surface area contributed by atoms with Crippen LogP contribution in [-0.2, 0) is 6.42 Å². The number of benzene rings is 1. The number of para-hydroxylation sites is 1. The molecule has 2 heterocycles. The summed E-state index contributed by atoms with van der Waals surface area (Å²) in [6.45, 7) is 1.64. The maximum Gasteiger partial charge on any atom is 0.165 e. The third kappa shape index (κ3) is 1.37. The van der Waals surface area contributed by atoms with Gasteiger partial charge in [0.05, 0.1) is 6.54 Å². The lowest BCUT2D eigenvalue weighted by atomic mass is 10.1. The SMILES string of the molecule is Fc1cccc2c1OC(C1=NCCN1)C2. The molecule has 2 aliphatic heterocycles. The molecule has 0 saturated heterocycles. The van der Waals surface area contributed by atoms with Gasteiger partial charge < -0.3 is 10.1 Å². The highest BCUT2D eigenvalue weighted by atomic mass is 19.1. The van der Waals surface area contributed by atoms with Gasteiger partial charge in [-0.2, -0.15) is 0 Å². The van der Waals surface area contributed by atoms with Crippen molar-refractivity contribution in [3.05, 3.63) is 29.6 Å². The van der Waals surface area contributed by atoms with Crippen LogP contribution in [0.25, 0.3) is 0 Å². The normalized spacial score (nSPS) is 23.0. The summed E-state index contributed by atoms with van der Waals surface area (Å²) in [6, 6.07) is 5.03. The Labute approximate surface area is 87.0 Å². The van der Waals surface area contributed by atoms with E-state index >= 15 is 0 Å². The maximum atomic E-state index is 13.4. The molecule has 2 aliphatic rings. The van der Waals surface area contributed by atoms with Gasteiger partial charge in [-0.1, -0.05) is 12.1 Å². The molecule has 0 spiro atoms. The van der Waals surface area contributed by atoms with Gasteiger partial charge in [0.1, 0.15) is 5.84 Å². The van der Waals surface area contributed by atoms with Crippen molar-refractivity contribution in [3.63, 3.8) is 0 Å². The van der Waals surface area contributed by atoms with Crippen molar-refractivity contribution < 1.29 is 9.13 Å². The second-order valence-electron chi connectivity index (χ2n) is 3.73. The number of rotatable bonds is 1. The molecule has 0 bridgehead atoms. The minimum absolute atomic E-state index is 0.126. The summed E-state index contributed by atoms with van der Waals surface area (Å²) in [7, 11) is 0. The lowest BCUT2D eigenvalue weighted by molar-refractivity contribution is 0.285. The number of aliphatic imine (C=N–C) groups is 1. The average molecular weight is 206 g/mol. The predicted molar refractivity (Wildman–Crippen MR) is 54.8 cm³/mol. The highest BCUT2D eigenvalue weighted by Crippen LogP contribution is 2.31. The molecule has 78 valence electrons. The Morgan fingerprint density at radius 1 is 1.47 bits per heavy atom. The Bertz CT molecular complexity index is 431. The first-order chi connectivity index (χ1) is 7.34. The van der Waals surface area contributed by atoms with E-state index in [9.17, 15) is 4.39 Å². The monoisotopic (exact) mass is 206 g/mol. The van der Waals surface area contributed by atoms with Gasteiger partial charge in [-0.05, 0) is 6.07 Å². The molecule has 1 atom stereocenters. The zero-order valence-corrected chi connectivity index (χ0v) is 8.16. The third-order valence-electron chi connectivity index (χ3n) is 2.72. The molecule has 3 nitrogen and oxygen atoms in total. The van der Waals surface area contributed by atoms with Gasteiger partial charge in [0.25, 0.3) is 0 Å². The summed E-state index contributed by atoms with van der Waals surface area (Å²) in [5.41, 5.74) is 0.927. The number of hydrogen-bond donors (Lipinski definition) is 1. The first kappa shape index (κ1) is 8.71. The third-order valence-corrected chi connectivity index (χ3v) is 2.72. The number of hydrogen-bond acceptors (Lipinski definition) is 3. The molecule has 15 heavy (non-hydrogen) atoms. The Morgan fingerprint density at radius 2 is 2.40 bits per heavy atom. The second kappa shape index (κ2) is 3.22. The minimum atomic E-state index is -0.284.